The van der Waals surface area contributed by atoms with Gasteiger partial charge in [0.2, 0.25) is 15.9 Å². The molecule has 1 aliphatic heterocycles. The molecule has 1 aliphatic carbocycles. The summed E-state index contributed by atoms with van der Waals surface area (Å²) in [6.45, 7) is 2.85. The lowest BCUT2D eigenvalue weighted by atomic mass is 9.86. The number of rotatable bonds is 4. The maximum absolute atomic E-state index is 12.9. The van der Waals surface area contributed by atoms with Crippen LogP contribution in [0.15, 0.2) is 29.2 Å². The summed E-state index contributed by atoms with van der Waals surface area (Å²) in [6.07, 6.45) is 5.72. The molecule has 1 heterocycles. The Bertz CT molecular complexity index is 699. The highest BCUT2D eigenvalue weighted by Gasteiger charge is 2.33. The molecule has 0 bridgehead atoms. The van der Waals surface area contributed by atoms with Crippen LogP contribution in [-0.2, 0) is 14.8 Å². The van der Waals surface area contributed by atoms with Crippen molar-refractivity contribution in [2.45, 2.75) is 56.4 Å². The first-order valence-corrected chi connectivity index (χ1v) is 10.2. The van der Waals surface area contributed by atoms with E-state index in [1.54, 1.807) is 40.5 Å². The van der Waals surface area contributed by atoms with Crippen molar-refractivity contribution >= 4 is 21.6 Å². The number of hydrogen-bond donors (Lipinski definition) is 0. The molecule has 1 saturated heterocycles. The molecular weight excluding hydrogens is 324 g/mol. The van der Waals surface area contributed by atoms with E-state index >= 15 is 0 Å². The average molecular weight is 350 g/mol. The zero-order valence-electron chi connectivity index (χ0n) is 14.4. The van der Waals surface area contributed by atoms with E-state index in [1.807, 2.05) is 0 Å². The molecule has 2 atom stereocenters. The van der Waals surface area contributed by atoms with Crippen molar-refractivity contribution in [3.05, 3.63) is 24.3 Å². The Hall–Kier alpha value is -1.40. The molecule has 0 radical (unpaired) electrons. The Morgan fingerprint density at radius 2 is 1.75 bits per heavy atom. The highest BCUT2D eigenvalue weighted by molar-refractivity contribution is 7.89. The second kappa shape index (κ2) is 6.84. The van der Waals surface area contributed by atoms with Crippen molar-refractivity contribution in [1.29, 1.82) is 0 Å². The van der Waals surface area contributed by atoms with Gasteiger partial charge in [-0.25, -0.2) is 8.42 Å². The zero-order chi connectivity index (χ0) is 17.3. The lowest BCUT2D eigenvalue weighted by Gasteiger charge is -2.35. The monoisotopic (exact) mass is 350 g/mol. The molecule has 0 unspecified atom stereocenters. The van der Waals surface area contributed by atoms with Crippen LogP contribution in [0, 0.1) is 5.92 Å². The summed E-state index contributed by atoms with van der Waals surface area (Å²) >= 11 is 0. The quantitative estimate of drug-likeness (QED) is 0.839. The molecule has 1 amide bonds. The number of benzene rings is 1. The van der Waals surface area contributed by atoms with E-state index in [0.29, 0.717) is 23.8 Å². The molecule has 5 nitrogen and oxygen atoms in total. The van der Waals surface area contributed by atoms with E-state index in [9.17, 15) is 13.2 Å². The van der Waals surface area contributed by atoms with Crippen LogP contribution >= 0.6 is 0 Å². The first-order valence-electron chi connectivity index (χ1n) is 8.80. The van der Waals surface area contributed by atoms with Crippen LogP contribution in [0.25, 0.3) is 0 Å². The molecule has 0 spiro atoms. The molecule has 2 fully saturated rings. The van der Waals surface area contributed by atoms with Crippen molar-refractivity contribution in [3.8, 4) is 0 Å². The van der Waals surface area contributed by atoms with Crippen LogP contribution in [0.2, 0.25) is 0 Å². The average Bonchev–Trinajstić information content (AvgIpc) is 3.01. The number of sulfonamides is 1. The maximum Gasteiger partial charge on any atom is 0.243 e. The fraction of sp³-hybridized carbons (Fsp3) is 0.611. The van der Waals surface area contributed by atoms with Crippen molar-refractivity contribution in [1.82, 2.24) is 4.31 Å². The van der Waals surface area contributed by atoms with Gasteiger partial charge >= 0.3 is 0 Å². The topological polar surface area (TPSA) is 57.7 Å². The second-order valence-electron chi connectivity index (χ2n) is 6.99. The standard InChI is InChI=1S/C18H26N2O3S/c1-14-6-3-4-7-17(14)19(2)24(22,23)16-11-9-15(10-12-16)20-13-5-8-18(20)21/h9-12,14,17H,3-8,13H2,1-2H3/t14-,17+/m1/s1. The van der Waals surface area contributed by atoms with E-state index in [-0.39, 0.29) is 11.9 Å². The molecule has 0 aromatic heterocycles. The third-order valence-corrected chi connectivity index (χ3v) is 7.33. The van der Waals surface area contributed by atoms with E-state index in [1.165, 1.54) is 6.42 Å². The van der Waals surface area contributed by atoms with Crippen LogP contribution in [0.4, 0.5) is 5.69 Å². The van der Waals surface area contributed by atoms with Gasteiger partial charge in [-0.15, -0.1) is 0 Å². The van der Waals surface area contributed by atoms with E-state index in [0.717, 1.165) is 31.4 Å². The van der Waals surface area contributed by atoms with Gasteiger partial charge in [0.25, 0.3) is 0 Å². The van der Waals surface area contributed by atoms with Crippen molar-refractivity contribution in [3.63, 3.8) is 0 Å². The fourth-order valence-corrected chi connectivity index (χ4v) is 5.38. The van der Waals surface area contributed by atoms with Gasteiger partial charge in [0.05, 0.1) is 4.90 Å². The Labute approximate surface area is 144 Å². The molecule has 132 valence electrons. The molecule has 3 rings (SSSR count). The minimum Gasteiger partial charge on any atom is -0.312 e. The minimum absolute atomic E-state index is 0.0728. The van der Waals surface area contributed by atoms with E-state index < -0.39 is 10.0 Å². The molecule has 2 aliphatic rings. The lowest BCUT2D eigenvalue weighted by Crippen LogP contribution is -2.42. The lowest BCUT2D eigenvalue weighted by molar-refractivity contribution is -0.117. The summed E-state index contributed by atoms with van der Waals surface area (Å²) in [6, 6.07) is 6.81. The van der Waals surface area contributed by atoms with Crippen LogP contribution in [0.1, 0.15) is 45.4 Å². The van der Waals surface area contributed by atoms with Gasteiger partial charge in [0.15, 0.2) is 0 Å². The summed E-state index contributed by atoms with van der Waals surface area (Å²) in [7, 11) is -1.80. The summed E-state index contributed by atoms with van der Waals surface area (Å²) in [5.74, 6) is 0.499. The fourth-order valence-electron chi connectivity index (χ4n) is 3.90. The van der Waals surface area contributed by atoms with Gasteiger partial charge in [0, 0.05) is 31.7 Å². The van der Waals surface area contributed by atoms with Crippen molar-refractivity contribution in [2.24, 2.45) is 5.92 Å². The predicted molar refractivity (Wildman–Crippen MR) is 94.4 cm³/mol. The van der Waals surface area contributed by atoms with Crippen LogP contribution in [0.5, 0.6) is 0 Å². The minimum atomic E-state index is -3.50. The Morgan fingerprint density at radius 3 is 2.33 bits per heavy atom. The number of carbonyl (C=O) groups is 1. The molecule has 1 aromatic carbocycles. The third-order valence-electron chi connectivity index (χ3n) is 5.43. The smallest absolute Gasteiger partial charge is 0.243 e. The molecule has 24 heavy (non-hydrogen) atoms. The third kappa shape index (κ3) is 3.22. The number of hydrogen-bond acceptors (Lipinski definition) is 3. The highest BCUT2D eigenvalue weighted by atomic mass is 32.2. The summed E-state index contributed by atoms with van der Waals surface area (Å²) in [5.41, 5.74) is 0.783. The van der Waals surface area contributed by atoms with E-state index in [4.69, 9.17) is 0 Å². The summed E-state index contributed by atoms with van der Waals surface area (Å²) in [4.78, 5) is 13.8. The number of amides is 1. The maximum atomic E-state index is 12.9. The molecule has 0 N–H and O–H groups in total. The molecular formula is C18H26N2O3S. The summed E-state index contributed by atoms with van der Waals surface area (Å²) in [5, 5.41) is 0. The highest BCUT2D eigenvalue weighted by Crippen LogP contribution is 2.31. The van der Waals surface area contributed by atoms with Gasteiger partial charge in [-0.3, -0.25) is 4.79 Å². The van der Waals surface area contributed by atoms with Crippen LogP contribution in [-0.4, -0.2) is 38.3 Å². The normalized spacial score (nSPS) is 25.5. The molecule has 1 saturated carbocycles. The number of nitrogens with zero attached hydrogens (tertiary/aromatic N) is 2. The van der Waals surface area contributed by atoms with Gasteiger partial charge in [-0.2, -0.15) is 4.31 Å². The first-order chi connectivity index (χ1) is 11.4. The summed E-state index contributed by atoms with van der Waals surface area (Å²) < 4.78 is 27.4. The first kappa shape index (κ1) is 17.4. The van der Waals surface area contributed by atoms with Crippen LogP contribution < -0.4 is 4.90 Å². The number of anilines is 1. The van der Waals surface area contributed by atoms with Crippen molar-refractivity contribution in [2.75, 3.05) is 18.5 Å². The number of carbonyl (C=O) groups excluding carboxylic acids is 1. The Morgan fingerprint density at radius 1 is 1.08 bits per heavy atom. The van der Waals surface area contributed by atoms with E-state index in [2.05, 4.69) is 6.92 Å². The van der Waals surface area contributed by atoms with Crippen LogP contribution in [0.3, 0.4) is 0 Å². The predicted octanol–water partition coefficient (Wildman–Crippen LogP) is 3.01. The van der Waals surface area contributed by atoms with Gasteiger partial charge in [-0.05, 0) is 49.4 Å². The SMILES string of the molecule is C[C@@H]1CCCC[C@@H]1N(C)S(=O)(=O)c1ccc(N2CCCC2=O)cc1. The molecule has 1 aromatic rings. The largest absolute Gasteiger partial charge is 0.312 e. The van der Waals surface area contributed by atoms with Gasteiger partial charge in [0.1, 0.15) is 0 Å². The Balaban J connectivity index is 1.80. The second-order valence-corrected chi connectivity index (χ2v) is 8.99. The molecule has 6 heteroatoms. The zero-order valence-corrected chi connectivity index (χ0v) is 15.3. The van der Waals surface area contributed by atoms with Gasteiger partial charge in [-0.1, -0.05) is 19.8 Å². The van der Waals surface area contributed by atoms with Crippen molar-refractivity contribution < 1.29 is 13.2 Å². The van der Waals surface area contributed by atoms with Gasteiger partial charge < -0.3 is 4.90 Å². The Kier molecular flexibility index (Phi) is 4.97.